The minimum Gasteiger partial charge on any atom is -0.509 e. The van der Waals surface area contributed by atoms with Gasteiger partial charge in [0.25, 0.3) is 0 Å². The van der Waals surface area contributed by atoms with E-state index in [0.717, 1.165) is 70.4 Å². The van der Waals surface area contributed by atoms with E-state index >= 15 is 0 Å². The Bertz CT molecular complexity index is 3600. The third-order valence-corrected chi connectivity index (χ3v) is 16.8. The summed E-state index contributed by atoms with van der Waals surface area (Å²) in [5.74, 6) is 2.09. The standard InChI is InChI=1S/C70H63N4O.Pt/c1-68(2,3)54-38-43-71-66(46-54)74-62-33-16-15-32-58(62)59-37-36-57(48-65(59)74)75-56-31-23-30-55(47-56)72-49-73(64-35-18-17-34-63(64)72)67-60(69(39-19-7-20-40-69)52-26-11-5-12-27-52)44-51(50-24-9-4-10-25-50)45-61(67)70(41-21-8-22-42-70)53-28-13-6-14-29-53;/h4-6,9-18,23-38,43-46,49H,7-8,19-22,39-42H2,1-3H3;/q-3;. The molecule has 0 unspecified atom stereocenters. The van der Waals surface area contributed by atoms with Crippen LogP contribution in [0.4, 0.5) is 22.7 Å². The van der Waals surface area contributed by atoms with Gasteiger partial charge < -0.3 is 19.1 Å². The monoisotopic (exact) mass is 1170 g/mol. The van der Waals surface area contributed by atoms with Gasteiger partial charge in [0, 0.05) is 72.2 Å². The van der Waals surface area contributed by atoms with Crippen LogP contribution in [0.3, 0.4) is 0 Å². The Hall–Kier alpha value is -7.20. The molecule has 2 saturated carbocycles. The van der Waals surface area contributed by atoms with Crippen LogP contribution in [-0.4, -0.2) is 9.55 Å². The molecule has 6 heteroatoms. The van der Waals surface area contributed by atoms with E-state index in [9.17, 15) is 0 Å². The summed E-state index contributed by atoms with van der Waals surface area (Å²) in [5.41, 5.74) is 15.5. The van der Waals surface area contributed by atoms with Crippen LogP contribution in [0.25, 0.3) is 38.8 Å². The fourth-order valence-electron chi connectivity index (χ4n) is 13.1. The van der Waals surface area contributed by atoms with Gasteiger partial charge in [-0.1, -0.05) is 186 Å². The van der Waals surface area contributed by atoms with E-state index in [1.807, 2.05) is 18.3 Å². The molecule has 2 aliphatic carbocycles. The Morgan fingerprint density at radius 3 is 1.71 bits per heavy atom. The van der Waals surface area contributed by atoms with Gasteiger partial charge in [-0.15, -0.1) is 48.1 Å². The molecule has 0 radical (unpaired) electrons. The maximum absolute atomic E-state index is 6.83. The van der Waals surface area contributed by atoms with Crippen LogP contribution in [0.1, 0.15) is 113 Å². The van der Waals surface area contributed by atoms with Gasteiger partial charge in [-0.05, 0) is 118 Å². The van der Waals surface area contributed by atoms with E-state index in [4.69, 9.17) is 9.72 Å². The van der Waals surface area contributed by atoms with Crippen molar-refractivity contribution in [2.45, 2.75) is 101 Å². The normalized spacial score (nSPS) is 16.1. The first-order valence-corrected chi connectivity index (χ1v) is 27.3. The number of nitrogens with zero attached hydrogens (tertiary/aromatic N) is 4. The molecular formula is C70H63N4OPt-3. The van der Waals surface area contributed by atoms with Crippen molar-refractivity contribution < 1.29 is 25.8 Å². The predicted octanol–water partition coefficient (Wildman–Crippen LogP) is 18.4. The van der Waals surface area contributed by atoms with Gasteiger partial charge in [-0.2, -0.15) is 12.1 Å². The zero-order chi connectivity index (χ0) is 50.6. The number of ether oxygens (including phenoxy) is 1. The number of hydrogen-bond acceptors (Lipinski definition) is 4. The molecule has 2 aromatic heterocycles. The van der Waals surface area contributed by atoms with Crippen LogP contribution in [0, 0.1) is 18.8 Å². The Labute approximate surface area is 463 Å². The number of rotatable bonds is 10. The molecule has 0 amide bonds. The van der Waals surface area contributed by atoms with E-state index < -0.39 is 0 Å². The molecule has 0 N–H and O–H groups in total. The van der Waals surface area contributed by atoms with Gasteiger partial charge in [0.1, 0.15) is 5.82 Å². The third-order valence-electron chi connectivity index (χ3n) is 16.8. The van der Waals surface area contributed by atoms with Gasteiger partial charge >= 0.3 is 0 Å². The average molecular weight is 1170 g/mol. The van der Waals surface area contributed by atoms with Crippen molar-refractivity contribution in [1.82, 2.24) is 9.55 Å². The van der Waals surface area contributed by atoms with Crippen LogP contribution in [0.2, 0.25) is 0 Å². The van der Waals surface area contributed by atoms with Gasteiger partial charge in [0.15, 0.2) is 0 Å². The largest absolute Gasteiger partial charge is 0.509 e. The van der Waals surface area contributed by atoms with Crippen molar-refractivity contribution in [2.75, 3.05) is 9.80 Å². The summed E-state index contributed by atoms with van der Waals surface area (Å²) in [5, 5.41) is 2.25. The van der Waals surface area contributed by atoms with Crippen molar-refractivity contribution >= 4 is 44.6 Å². The average Bonchev–Trinajstić information content (AvgIpc) is 4.04. The van der Waals surface area contributed by atoms with Crippen molar-refractivity contribution in [3.8, 4) is 28.4 Å². The molecule has 5 nitrogen and oxygen atoms in total. The van der Waals surface area contributed by atoms with Crippen molar-refractivity contribution in [3.05, 3.63) is 247 Å². The Morgan fingerprint density at radius 1 is 0.513 bits per heavy atom. The summed E-state index contributed by atoms with van der Waals surface area (Å²) in [4.78, 5) is 9.81. The first-order chi connectivity index (χ1) is 36.8. The summed E-state index contributed by atoms with van der Waals surface area (Å²) < 4.78 is 9.05. The maximum Gasteiger partial charge on any atom is 0.135 e. The summed E-state index contributed by atoms with van der Waals surface area (Å²) in [6.45, 7) is 9.08. The Balaban J connectivity index is 0.00000582. The van der Waals surface area contributed by atoms with Gasteiger partial charge in [-0.3, -0.25) is 0 Å². The molecule has 0 atom stereocenters. The molecule has 76 heavy (non-hydrogen) atoms. The third kappa shape index (κ3) is 8.75. The van der Waals surface area contributed by atoms with Crippen molar-refractivity contribution in [1.29, 1.82) is 0 Å². The van der Waals surface area contributed by atoms with Gasteiger partial charge in [0.05, 0.1) is 0 Å². The van der Waals surface area contributed by atoms with E-state index in [-0.39, 0.29) is 37.3 Å². The van der Waals surface area contributed by atoms with Crippen LogP contribution in [0.15, 0.2) is 200 Å². The summed E-state index contributed by atoms with van der Waals surface area (Å²) >= 11 is 0. The summed E-state index contributed by atoms with van der Waals surface area (Å²) in [7, 11) is 0. The molecule has 0 bridgehead atoms. The second-order valence-corrected chi connectivity index (χ2v) is 22.2. The van der Waals surface area contributed by atoms with E-state index in [0.29, 0.717) is 11.5 Å². The molecule has 2 fully saturated rings. The van der Waals surface area contributed by atoms with Crippen LogP contribution < -0.4 is 14.5 Å². The van der Waals surface area contributed by atoms with Crippen molar-refractivity contribution in [2.24, 2.45) is 0 Å². The number of aromatic nitrogens is 2. The zero-order valence-corrected chi connectivity index (χ0v) is 46.0. The number of para-hydroxylation sites is 3. The number of anilines is 4. The van der Waals surface area contributed by atoms with E-state index in [1.165, 1.54) is 83.2 Å². The minimum atomic E-state index is -0.203. The van der Waals surface area contributed by atoms with E-state index in [2.05, 4.69) is 236 Å². The molecule has 3 heterocycles. The molecule has 8 aromatic carbocycles. The van der Waals surface area contributed by atoms with Crippen LogP contribution >= 0.6 is 0 Å². The smallest absolute Gasteiger partial charge is 0.135 e. The molecule has 3 aliphatic rings. The second-order valence-electron chi connectivity index (χ2n) is 22.2. The molecule has 382 valence electrons. The maximum atomic E-state index is 6.83. The number of hydrogen-bond donors (Lipinski definition) is 0. The molecule has 0 saturated heterocycles. The summed E-state index contributed by atoms with van der Waals surface area (Å²) in [6.07, 6.45) is 13.5. The fourth-order valence-corrected chi connectivity index (χ4v) is 13.1. The summed E-state index contributed by atoms with van der Waals surface area (Å²) in [6, 6.07) is 79.0. The van der Waals surface area contributed by atoms with Crippen molar-refractivity contribution in [3.63, 3.8) is 0 Å². The van der Waals surface area contributed by atoms with Gasteiger partial charge in [0.2, 0.25) is 0 Å². The predicted molar refractivity (Wildman–Crippen MR) is 309 cm³/mol. The first kappa shape index (κ1) is 49.7. The molecule has 0 spiro atoms. The topological polar surface area (TPSA) is 33.5 Å². The Morgan fingerprint density at radius 2 is 1.08 bits per heavy atom. The minimum absolute atomic E-state index is 0. The number of pyridine rings is 1. The van der Waals surface area contributed by atoms with Crippen LogP contribution in [0.5, 0.6) is 11.5 Å². The molecular weight excluding hydrogens is 1110 g/mol. The number of benzene rings is 8. The first-order valence-electron chi connectivity index (χ1n) is 27.3. The SMILES string of the molecule is CC(C)(C)c1ccnc(-n2c3[c-]c(Oc4[c-]c(N5[CH-]N(c6c(C7(c8ccccc8)CCCCC7)cc(-c7ccccc7)cc6C6(c7ccccc7)CCCCC6)c6ccccc65)ccc4)ccc3c3ccccc32)c1.[Pt]. The van der Waals surface area contributed by atoms with E-state index in [1.54, 1.807) is 0 Å². The second kappa shape index (κ2) is 20.4. The molecule has 13 rings (SSSR count). The molecule has 1 aliphatic heterocycles. The quantitative estimate of drug-likeness (QED) is 0.128. The Kier molecular flexibility index (Phi) is 13.3. The van der Waals surface area contributed by atoms with Gasteiger partial charge in [-0.25, -0.2) is 4.98 Å². The van der Waals surface area contributed by atoms with Crippen LogP contribution in [-0.2, 0) is 37.3 Å². The fraction of sp³-hybridized carbons (Fsp3) is 0.229. The zero-order valence-electron chi connectivity index (χ0n) is 43.7. The molecule has 10 aromatic rings. The number of fused-ring (bicyclic) bond motifs is 4.